The fraction of sp³-hybridized carbons (Fsp3) is 0.520. The topological polar surface area (TPSA) is 115 Å². The number of nitriles is 1. The molecule has 2 aliphatic rings. The maximum atomic E-state index is 13.1. The Morgan fingerprint density at radius 1 is 1.30 bits per heavy atom. The van der Waals surface area contributed by atoms with Crippen LogP contribution in [0.1, 0.15) is 62.9 Å². The summed E-state index contributed by atoms with van der Waals surface area (Å²) in [5.41, 5.74) is 0.816. The molecule has 3 atom stereocenters. The number of hydrogen-bond donors (Lipinski definition) is 3. The molecule has 33 heavy (non-hydrogen) atoms. The Kier molecular flexibility index (Phi) is 6.49. The lowest BCUT2D eigenvalue weighted by Gasteiger charge is -2.20. The number of nitrogens with zero attached hydrogens (tertiary/aromatic N) is 1. The first kappa shape index (κ1) is 23.3. The van der Waals surface area contributed by atoms with Crippen molar-refractivity contribution in [1.82, 2.24) is 15.6 Å². The zero-order valence-electron chi connectivity index (χ0n) is 18.9. The van der Waals surface area contributed by atoms with Crippen LogP contribution in [0, 0.1) is 29.1 Å². The first-order valence-electron chi connectivity index (χ1n) is 11.5. The number of para-hydroxylation sites is 1. The number of rotatable bonds is 9. The molecule has 0 spiro atoms. The van der Waals surface area contributed by atoms with Gasteiger partial charge in [0, 0.05) is 29.2 Å². The quantitative estimate of drug-likeness (QED) is 0.480. The smallest absolute Gasteiger partial charge is 0.224 e. The van der Waals surface area contributed by atoms with Gasteiger partial charge in [-0.05, 0) is 51.2 Å². The van der Waals surface area contributed by atoms with Crippen LogP contribution in [0.2, 0.25) is 5.02 Å². The molecule has 1 saturated heterocycles. The number of hydrogen-bond acceptors (Lipinski definition) is 4. The van der Waals surface area contributed by atoms with Gasteiger partial charge in [0.1, 0.15) is 6.04 Å². The summed E-state index contributed by atoms with van der Waals surface area (Å²) in [6.07, 6.45) is 3.67. The molecule has 2 aromatic rings. The summed E-state index contributed by atoms with van der Waals surface area (Å²) in [4.78, 5) is 41.4. The van der Waals surface area contributed by atoms with Crippen molar-refractivity contribution >= 4 is 40.1 Å². The summed E-state index contributed by atoms with van der Waals surface area (Å²) >= 11 is 6.21. The van der Waals surface area contributed by atoms with Gasteiger partial charge in [0.15, 0.2) is 5.78 Å². The number of halogens is 1. The number of carbonyl (C=O) groups is 3. The van der Waals surface area contributed by atoms with Crippen molar-refractivity contribution in [3.63, 3.8) is 0 Å². The molecule has 1 saturated carbocycles. The van der Waals surface area contributed by atoms with Gasteiger partial charge < -0.3 is 15.6 Å². The average Bonchev–Trinajstić information content (AvgIpc) is 3.38. The summed E-state index contributed by atoms with van der Waals surface area (Å²) in [5.74, 6) is -0.937. The number of fused-ring (bicyclic) bond motifs is 1. The highest BCUT2D eigenvalue weighted by Gasteiger charge is 2.39. The number of amides is 2. The number of aromatic amines is 1. The maximum Gasteiger partial charge on any atom is 0.224 e. The van der Waals surface area contributed by atoms with Gasteiger partial charge in [-0.1, -0.05) is 36.6 Å². The van der Waals surface area contributed by atoms with Gasteiger partial charge >= 0.3 is 0 Å². The molecule has 1 aliphatic carbocycles. The number of aromatic nitrogens is 1. The minimum Gasteiger partial charge on any atom is -0.351 e. The minimum atomic E-state index is -0.772. The van der Waals surface area contributed by atoms with E-state index in [4.69, 9.17) is 11.6 Å². The fourth-order valence-electron chi connectivity index (χ4n) is 4.75. The molecule has 0 radical (unpaired) electrons. The number of H-pyrrole nitrogens is 1. The number of ketones is 1. The minimum absolute atomic E-state index is 0.0574. The van der Waals surface area contributed by atoms with Gasteiger partial charge in [-0.2, -0.15) is 5.26 Å². The molecule has 3 N–H and O–H groups in total. The van der Waals surface area contributed by atoms with Gasteiger partial charge in [-0.25, -0.2) is 0 Å². The Morgan fingerprint density at radius 3 is 2.67 bits per heavy atom. The lowest BCUT2D eigenvalue weighted by atomic mass is 9.90. The molecule has 3 unspecified atom stereocenters. The van der Waals surface area contributed by atoms with E-state index in [9.17, 15) is 19.6 Å². The number of carbonyl (C=O) groups excluding carboxylic acids is 3. The molecule has 1 aromatic heterocycles. The van der Waals surface area contributed by atoms with Crippen molar-refractivity contribution in [1.29, 1.82) is 5.26 Å². The molecule has 4 rings (SSSR count). The summed E-state index contributed by atoms with van der Waals surface area (Å²) in [5, 5.41) is 16.7. The predicted molar refractivity (Wildman–Crippen MR) is 126 cm³/mol. The van der Waals surface area contributed by atoms with Crippen molar-refractivity contribution < 1.29 is 14.4 Å². The van der Waals surface area contributed by atoms with E-state index in [0.29, 0.717) is 35.0 Å². The molecule has 2 heterocycles. The summed E-state index contributed by atoms with van der Waals surface area (Å²) in [7, 11) is 0. The van der Waals surface area contributed by atoms with E-state index in [1.165, 1.54) is 0 Å². The molecule has 0 bridgehead atoms. The first-order valence-corrected chi connectivity index (χ1v) is 11.9. The predicted octanol–water partition coefficient (Wildman–Crippen LogP) is 4.12. The Bertz CT molecular complexity index is 1130. The number of Topliss-reactive ketones (excluding diaryl/α,β-unsaturated/α-hetero) is 1. The van der Waals surface area contributed by atoms with Crippen LogP contribution in [0.25, 0.3) is 10.9 Å². The summed E-state index contributed by atoms with van der Waals surface area (Å²) < 4.78 is 0. The van der Waals surface area contributed by atoms with E-state index in [1.54, 1.807) is 12.1 Å². The Balaban J connectivity index is 1.43. The SMILES string of the molecule is CC1(C)CC(CC(C#N)NC(=O)C(CC(=O)c2cc3cccc(Cl)c3[nH]2)CC2CC2)C(=O)N1. The molecule has 174 valence electrons. The molecule has 2 fully saturated rings. The van der Waals surface area contributed by atoms with Crippen LogP contribution in [-0.4, -0.2) is 34.2 Å². The largest absolute Gasteiger partial charge is 0.351 e. The van der Waals surface area contributed by atoms with E-state index in [2.05, 4.69) is 21.7 Å². The van der Waals surface area contributed by atoms with Gasteiger partial charge in [0.2, 0.25) is 11.8 Å². The van der Waals surface area contributed by atoms with Crippen molar-refractivity contribution in [2.45, 2.75) is 64.0 Å². The number of nitrogens with one attached hydrogen (secondary N) is 3. The third-order valence-electron chi connectivity index (χ3n) is 6.60. The van der Waals surface area contributed by atoms with Crippen molar-refractivity contribution in [3.05, 3.63) is 35.0 Å². The van der Waals surface area contributed by atoms with Crippen LogP contribution in [0.3, 0.4) is 0 Å². The Morgan fingerprint density at radius 2 is 2.06 bits per heavy atom. The van der Waals surface area contributed by atoms with E-state index < -0.39 is 12.0 Å². The summed E-state index contributed by atoms with van der Waals surface area (Å²) in [6.45, 7) is 3.89. The lowest BCUT2D eigenvalue weighted by Crippen LogP contribution is -2.40. The van der Waals surface area contributed by atoms with Crippen LogP contribution >= 0.6 is 11.6 Å². The molecule has 1 aliphatic heterocycles. The molecule has 2 amide bonds. The van der Waals surface area contributed by atoms with Crippen molar-refractivity contribution in [3.8, 4) is 6.07 Å². The van der Waals surface area contributed by atoms with E-state index in [0.717, 1.165) is 18.2 Å². The van der Waals surface area contributed by atoms with E-state index in [1.807, 2.05) is 26.0 Å². The van der Waals surface area contributed by atoms with E-state index >= 15 is 0 Å². The van der Waals surface area contributed by atoms with Crippen LogP contribution in [0.15, 0.2) is 24.3 Å². The van der Waals surface area contributed by atoms with Crippen molar-refractivity contribution in [2.24, 2.45) is 17.8 Å². The lowest BCUT2D eigenvalue weighted by molar-refractivity contribution is -0.127. The Hall–Kier alpha value is -2.85. The number of benzene rings is 1. The third-order valence-corrected chi connectivity index (χ3v) is 6.92. The highest BCUT2D eigenvalue weighted by molar-refractivity contribution is 6.35. The van der Waals surface area contributed by atoms with Crippen molar-refractivity contribution in [2.75, 3.05) is 0 Å². The monoisotopic (exact) mass is 468 g/mol. The van der Waals surface area contributed by atoms with Crippen LogP contribution < -0.4 is 10.6 Å². The highest BCUT2D eigenvalue weighted by atomic mass is 35.5. The normalized spacial score (nSPS) is 21.3. The Labute approximate surface area is 198 Å². The van der Waals surface area contributed by atoms with Gasteiger partial charge in [-0.15, -0.1) is 0 Å². The fourth-order valence-corrected chi connectivity index (χ4v) is 4.97. The molecule has 1 aromatic carbocycles. The highest BCUT2D eigenvalue weighted by Crippen LogP contribution is 2.37. The second kappa shape index (κ2) is 9.18. The average molecular weight is 469 g/mol. The maximum absolute atomic E-state index is 13.1. The molecule has 7 nitrogen and oxygen atoms in total. The standard InChI is InChI=1S/C25H29ClN4O3/c1-25(2)12-17(24(33)30-25)9-18(13-27)28-23(32)16(8-14-6-7-14)11-21(31)20-10-15-4-3-5-19(26)22(15)29-20/h3-5,10,14,16-18,29H,6-9,11-12H2,1-2H3,(H,28,32)(H,30,33). The van der Waals surface area contributed by atoms with Crippen LogP contribution in [0.5, 0.6) is 0 Å². The molecular weight excluding hydrogens is 440 g/mol. The molecule has 8 heteroatoms. The first-order chi connectivity index (χ1) is 15.6. The third kappa shape index (κ3) is 5.56. The van der Waals surface area contributed by atoms with Crippen LogP contribution in [0.4, 0.5) is 0 Å². The summed E-state index contributed by atoms with van der Waals surface area (Å²) in [6, 6.07) is 8.56. The van der Waals surface area contributed by atoms with Gasteiger partial charge in [0.05, 0.1) is 22.3 Å². The second-order valence-corrected chi connectivity index (χ2v) is 10.5. The van der Waals surface area contributed by atoms with Crippen LogP contribution in [-0.2, 0) is 9.59 Å². The van der Waals surface area contributed by atoms with Gasteiger partial charge in [0.25, 0.3) is 0 Å². The van der Waals surface area contributed by atoms with E-state index in [-0.39, 0.29) is 41.9 Å². The van der Waals surface area contributed by atoms with Gasteiger partial charge in [-0.3, -0.25) is 14.4 Å². The second-order valence-electron chi connectivity index (χ2n) is 10.1. The zero-order valence-corrected chi connectivity index (χ0v) is 19.7. The zero-order chi connectivity index (χ0) is 23.8. The molecular formula is C25H29ClN4O3.